The van der Waals surface area contributed by atoms with Crippen LogP contribution in [0.3, 0.4) is 0 Å². The number of carbonyl (C=O) groups is 1. The topological polar surface area (TPSA) is 50.4 Å². The molecular weight excluding hydrogens is 302 g/mol. The standard InChI is InChI=1S/C14H20F2N2O2.ClH/c1-9(7-17-3)14(19)18-10(2)8-20-13-5-4-11(15)6-12(13)16;/h4-6,9-10,17H,7-8H2,1-3H3,(H,18,19);1H. The highest BCUT2D eigenvalue weighted by Gasteiger charge is 2.15. The number of hydrogen-bond donors (Lipinski definition) is 2. The molecule has 0 spiro atoms. The van der Waals surface area contributed by atoms with Crippen molar-refractivity contribution in [3.63, 3.8) is 0 Å². The lowest BCUT2D eigenvalue weighted by Crippen LogP contribution is -2.42. The van der Waals surface area contributed by atoms with Gasteiger partial charge in [-0.25, -0.2) is 8.78 Å². The minimum Gasteiger partial charge on any atom is -0.488 e. The third kappa shape index (κ3) is 6.73. The zero-order valence-electron chi connectivity index (χ0n) is 12.3. The average molecular weight is 323 g/mol. The van der Waals surface area contributed by atoms with Crippen LogP contribution in [0.2, 0.25) is 0 Å². The monoisotopic (exact) mass is 322 g/mol. The summed E-state index contributed by atoms with van der Waals surface area (Å²) in [4.78, 5) is 11.7. The number of halogens is 3. The Morgan fingerprint density at radius 3 is 2.57 bits per heavy atom. The third-order valence-electron chi connectivity index (χ3n) is 2.73. The van der Waals surface area contributed by atoms with Crippen molar-refractivity contribution in [2.24, 2.45) is 5.92 Å². The van der Waals surface area contributed by atoms with Crippen LogP contribution in [0.25, 0.3) is 0 Å². The summed E-state index contributed by atoms with van der Waals surface area (Å²) >= 11 is 0. The highest BCUT2D eigenvalue weighted by molar-refractivity contribution is 5.85. The van der Waals surface area contributed by atoms with Gasteiger partial charge in [0.25, 0.3) is 0 Å². The summed E-state index contributed by atoms with van der Waals surface area (Å²) in [5.74, 6) is -1.71. The van der Waals surface area contributed by atoms with E-state index in [1.807, 2.05) is 0 Å². The van der Waals surface area contributed by atoms with Gasteiger partial charge in [0.15, 0.2) is 11.6 Å². The lowest BCUT2D eigenvalue weighted by atomic mass is 10.1. The van der Waals surface area contributed by atoms with Crippen LogP contribution in [0.5, 0.6) is 5.75 Å². The van der Waals surface area contributed by atoms with Gasteiger partial charge >= 0.3 is 0 Å². The maximum atomic E-state index is 13.3. The zero-order valence-corrected chi connectivity index (χ0v) is 13.1. The summed E-state index contributed by atoms with van der Waals surface area (Å²) in [6.45, 7) is 4.25. The van der Waals surface area contributed by atoms with Crippen molar-refractivity contribution in [1.82, 2.24) is 10.6 Å². The molecule has 0 heterocycles. The minimum atomic E-state index is -0.757. The van der Waals surface area contributed by atoms with Crippen LogP contribution in [-0.4, -0.2) is 32.1 Å². The molecule has 0 fully saturated rings. The molecule has 2 unspecified atom stereocenters. The molecule has 0 aliphatic rings. The number of hydrogen-bond acceptors (Lipinski definition) is 3. The molecule has 0 bridgehead atoms. The summed E-state index contributed by atoms with van der Waals surface area (Å²) < 4.78 is 31.3. The molecule has 0 saturated heterocycles. The van der Waals surface area contributed by atoms with Gasteiger partial charge in [0.2, 0.25) is 5.91 Å². The molecule has 0 aliphatic heterocycles. The molecule has 1 aromatic rings. The molecule has 4 nitrogen and oxygen atoms in total. The number of ether oxygens (including phenoxy) is 1. The van der Waals surface area contributed by atoms with Crippen molar-refractivity contribution in [2.45, 2.75) is 19.9 Å². The normalized spacial score (nSPS) is 13.0. The van der Waals surface area contributed by atoms with Gasteiger partial charge in [0.05, 0.1) is 6.04 Å². The quantitative estimate of drug-likeness (QED) is 0.808. The van der Waals surface area contributed by atoms with Crippen LogP contribution in [-0.2, 0) is 4.79 Å². The van der Waals surface area contributed by atoms with Crippen LogP contribution in [0, 0.1) is 17.6 Å². The van der Waals surface area contributed by atoms with E-state index >= 15 is 0 Å². The first-order valence-electron chi connectivity index (χ1n) is 6.47. The van der Waals surface area contributed by atoms with Gasteiger partial charge in [-0.3, -0.25) is 4.79 Å². The van der Waals surface area contributed by atoms with E-state index in [9.17, 15) is 13.6 Å². The molecule has 120 valence electrons. The van der Waals surface area contributed by atoms with Gasteiger partial charge in [0.1, 0.15) is 12.4 Å². The Hall–Kier alpha value is -1.40. The molecule has 1 amide bonds. The number of benzene rings is 1. The van der Waals surface area contributed by atoms with Gasteiger partial charge in [-0.15, -0.1) is 12.4 Å². The minimum absolute atomic E-state index is 0. The predicted octanol–water partition coefficient (Wildman–Crippen LogP) is 2.13. The predicted molar refractivity (Wildman–Crippen MR) is 79.8 cm³/mol. The lowest BCUT2D eigenvalue weighted by Gasteiger charge is -2.18. The van der Waals surface area contributed by atoms with E-state index in [4.69, 9.17) is 4.74 Å². The molecule has 0 radical (unpaired) electrons. The maximum absolute atomic E-state index is 13.3. The van der Waals surface area contributed by atoms with Gasteiger partial charge in [-0.2, -0.15) is 0 Å². The molecule has 0 aliphatic carbocycles. The Kier molecular flexibility index (Phi) is 8.89. The molecule has 1 aromatic carbocycles. The Labute approximate surface area is 129 Å². The molecule has 7 heteroatoms. The largest absolute Gasteiger partial charge is 0.488 e. The third-order valence-corrected chi connectivity index (χ3v) is 2.73. The smallest absolute Gasteiger partial charge is 0.224 e. The molecule has 21 heavy (non-hydrogen) atoms. The molecule has 0 saturated carbocycles. The van der Waals surface area contributed by atoms with Crippen molar-refractivity contribution < 1.29 is 18.3 Å². The number of nitrogens with one attached hydrogen (secondary N) is 2. The Morgan fingerprint density at radius 2 is 2.00 bits per heavy atom. The molecule has 2 atom stereocenters. The average Bonchev–Trinajstić information content (AvgIpc) is 2.37. The molecule has 2 N–H and O–H groups in total. The van der Waals surface area contributed by atoms with E-state index in [-0.39, 0.29) is 42.6 Å². The van der Waals surface area contributed by atoms with E-state index in [1.165, 1.54) is 6.07 Å². The second kappa shape index (κ2) is 9.52. The highest BCUT2D eigenvalue weighted by Crippen LogP contribution is 2.17. The van der Waals surface area contributed by atoms with Gasteiger partial charge in [0, 0.05) is 18.5 Å². The number of amides is 1. The van der Waals surface area contributed by atoms with Gasteiger partial charge in [-0.05, 0) is 26.1 Å². The van der Waals surface area contributed by atoms with Crippen molar-refractivity contribution in [3.8, 4) is 5.75 Å². The van der Waals surface area contributed by atoms with Crippen LogP contribution in [0.1, 0.15) is 13.8 Å². The molecular formula is C14H21ClF2N2O2. The van der Waals surface area contributed by atoms with Crippen molar-refractivity contribution >= 4 is 18.3 Å². The van der Waals surface area contributed by atoms with E-state index in [1.54, 1.807) is 20.9 Å². The molecule has 0 aromatic heterocycles. The van der Waals surface area contributed by atoms with E-state index in [0.29, 0.717) is 6.54 Å². The number of rotatable bonds is 7. The molecule has 1 rings (SSSR count). The summed E-state index contributed by atoms with van der Waals surface area (Å²) in [5.41, 5.74) is 0. The fourth-order valence-electron chi connectivity index (χ4n) is 1.63. The van der Waals surface area contributed by atoms with Crippen LogP contribution in [0.4, 0.5) is 8.78 Å². The SMILES string of the molecule is CNCC(C)C(=O)NC(C)COc1ccc(F)cc1F.Cl. The van der Waals surface area contributed by atoms with Crippen LogP contribution >= 0.6 is 12.4 Å². The Balaban J connectivity index is 0.00000400. The summed E-state index contributed by atoms with van der Waals surface area (Å²) in [7, 11) is 1.77. The van der Waals surface area contributed by atoms with E-state index in [2.05, 4.69) is 10.6 Å². The van der Waals surface area contributed by atoms with Crippen molar-refractivity contribution in [3.05, 3.63) is 29.8 Å². The highest BCUT2D eigenvalue weighted by atomic mass is 35.5. The Morgan fingerprint density at radius 1 is 1.33 bits per heavy atom. The Bertz CT molecular complexity index is 461. The first-order valence-corrected chi connectivity index (χ1v) is 6.47. The van der Waals surface area contributed by atoms with Crippen LogP contribution < -0.4 is 15.4 Å². The second-order valence-corrected chi connectivity index (χ2v) is 4.75. The fraction of sp³-hybridized carbons (Fsp3) is 0.500. The summed E-state index contributed by atoms with van der Waals surface area (Å²) in [6, 6.07) is 2.83. The van der Waals surface area contributed by atoms with Crippen molar-refractivity contribution in [2.75, 3.05) is 20.2 Å². The second-order valence-electron chi connectivity index (χ2n) is 4.75. The van der Waals surface area contributed by atoms with Crippen LogP contribution in [0.15, 0.2) is 18.2 Å². The van der Waals surface area contributed by atoms with Crippen molar-refractivity contribution in [1.29, 1.82) is 0 Å². The first kappa shape index (κ1) is 19.6. The lowest BCUT2D eigenvalue weighted by molar-refractivity contribution is -0.125. The zero-order chi connectivity index (χ0) is 15.1. The fourth-order valence-corrected chi connectivity index (χ4v) is 1.63. The first-order chi connectivity index (χ1) is 9.43. The van der Waals surface area contributed by atoms with E-state index < -0.39 is 11.6 Å². The summed E-state index contributed by atoms with van der Waals surface area (Å²) in [5, 5.41) is 5.68. The van der Waals surface area contributed by atoms with E-state index in [0.717, 1.165) is 12.1 Å². The van der Waals surface area contributed by atoms with Gasteiger partial charge < -0.3 is 15.4 Å². The maximum Gasteiger partial charge on any atom is 0.224 e. The van der Waals surface area contributed by atoms with Gasteiger partial charge in [-0.1, -0.05) is 6.92 Å². The number of carbonyl (C=O) groups excluding carboxylic acids is 1. The summed E-state index contributed by atoms with van der Waals surface area (Å²) in [6.07, 6.45) is 0.